The van der Waals surface area contributed by atoms with Crippen molar-refractivity contribution in [1.82, 2.24) is 15.2 Å². The second-order valence-corrected chi connectivity index (χ2v) is 14.0. The fourth-order valence-electron chi connectivity index (χ4n) is 5.94. The van der Waals surface area contributed by atoms with Crippen molar-refractivity contribution in [1.29, 1.82) is 0 Å². The molecular weight excluding hydrogens is 691 g/mol. The van der Waals surface area contributed by atoms with E-state index in [0.717, 1.165) is 21.6 Å². The summed E-state index contributed by atoms with van der Waals surface area (Å²) in [6.07, 6.45) is -0.362. The number of β-lactam (4-membered cyclic amide) rings is 1. The molecule has 0 radical (unpaired) electrons. The summed E-state index contributed by atoms with van der Waals surface area (Å²) in [7, 11) is 0. The molecule has 0 spiro atoms. The highest BCUT2D eigenvalue weighted by atomic mass is 32.2. The number of ether oxygens (including phenoxy) is 1. The number of hydrogen-bond acceptors (Lipinski definition) is 11. The van der Waals surface area contributed by atoms with Crippen LogP contribution in [0.3, 0.4) is 0 Å². The SMILES string of the molecule is CC(=O)OCC1=C(C(=O)O)N2C(=O)C(NC(=O)C(=NOC(C)C)c3csc(NC(c4ccccc4)(c4ccccc4)c4ccccc4)n3)[C@H]2SC1. The summed E-state index contributed by atoms with van der Waals surface area (Å²) in [4.78, 5) is 62.1. The number of benzene rings is 3. The first-order valence-corrected chi connectivity index (χ1v) is 18.0. The summed E-state index contributed by atoms with van der Waals surface area (Å²) in [6.45, 7) is 4.50. The van der Waals surface area contributed by atoms with Crippen LogP contribution in [0.1, 0.15) is 43.2 Å². The number of carboxylic acid groups (broad SMARTS) is 1. The van der Waals surface area contributed by atoms with Crippen molar-refractivity contribution in [3.63, 3.8) is 0 Å². The molecule has 51 heavy (non-hydrogen) atoms. The summed E-state index contributed by atoms with van der Waals surface area (Å²) in [5.41, 5.74) is 2.17. The molecule has 0 aliphatic carbocycles. The molecule has 0 saturated carbocycles. The Labute approximate surface area is 302 Å². The number of esters is 1. The Kier molecular flexibility index (Phi) is 10.5. The molecule has 3 heterocycles. The Morgan fingerprint density at radius 3 is 2.06 bits per heavy atom. The number of hydrogen-bond donors (Lipinski definition) is 3. The zero-order valence-electron chi connectivity index (χ0n) is 27.9. The molecule has 3 N–H and O–H groups in total. The zero-order valence-corrected chi connectivity index (χ0v) is 29.6. The molecule has 2 amide bonds. The number of aliphatic carboxylic acids is 1. The van der Waals surface area contributed by atoms with Crippen molar-refractivity contribution in [3.05, 3.63) is 130 Å². The van der Waals surface area contributed by atoms with Gasteiger partial charge >= 0.3 is 11.9 Å². The Morgan fingerprint density at radius 1 is 0.980 bits per heavy atom. The number of carboxylic acids is 1. The monoisotopic (exact) mass is 725 g/mol. The maximum absolute atomic E-state index is 13.9. The number of nitrogens with one attached hydrogen (secondary N) is 2. The van der Waals surface area contributed by atoms with E-state index in [-0.39, 0.29) is 35.6 Å². The van der Waals surface area contributed by atoms with Crippen LogP contribution >= 0.6 is 23.1 Å². The van der Waals surface area contributed by atoms with Gasteiger partial charge in [0.25, 0.3) is 11.8 Å². The summed E-state index contributed by atoms with van der Waals surface area (Å²) in [5, 5.41) is 22.0. The smallest absolute Gasteiger partial charge is 0.352 e. The molecule has 2 aliphatic rings. The van der Waals surface area contributed by atoms with Gasteiger partial charge in [0.05, 0.1) is 0 Å². The molecule has 6 rings (SSSR count). The number of rotatable bonds is 13. The van der Waals surface area contributed by atoms with Crippen molar-refractivity contribution < 1.29 is 33.9 Å². The van der Waals surface area contributed by atoms with Crippen LogP contribution in [0.25, 0.3) is 0 Å². The van der Waals surface area contributed by atoms with Gasteiger partial charge in [0.15, 0.2) is 10.8 Å². The third-order valence-electron chi connectivity index (χ3n) is 8.22. The van der Waals surface area contributed by atoms with Crippen LogP contribution in [-0.2, 0) is 34.3 Å². The van der Waals surface area contributed by atoms with E-state index < -0.39 is 40.7 Å². The molecule has 1 aromatic heterocycles. The molecule has 2 atom stereocenters. The Morgan fingerprint density at radius 2 is 1.55 bits per heavy atom. The molecule has 12 nitrogen and oxygen atoms in total. The number of nitrogens with zero attached hydrogens (tertiary/aromatic N) is 3. The van der Waals surface area contributed by atoms with Crippen LogP contribution in [0.4, 0.5) is 5.13 Å². The van der Waals surface area contributed by atoms with E-state index in [0.29, 0.717) is 10.7 Å². The number of oxime groups is 1. The second kappa shape index (κ2) is 15.2. The van der Waals surface area contributed by atoms with E-state index in [1.807, 2.05) is 91.0 Å². The highest BCUT2D eigenvalue weighted by molar-refractivity contribution is 8.00. The third kappa shape index (κ3) is 7.23. The lowest BCUT2D eigenvalue weighted by Gasteiger charge is -2.49. The zero-order chi connectivity index (χ0) is 36.1. The number of carbonyl (C=O) groups is 4. The number of carbonyl (C=O) groups excluding carboxylic acids is 3. The van der Waals surface area contributed by atoms with Crippen LogP contribution in [0.15, 0.2) is 113 Å². The minimum absolute atomic E-state index is 0.144. The third-order valence-corrected chi connectivity index (χ3v) is 10.3. The lowest BCUT2D eigenvalue weighted by molar-refractivity contribution is -0.150. The second-order valence-electron chi connectivity index (χ2n) is 12.0. The van der Waals surface area contributed by atoms with Gasteiger partial charge in [-0.3, -0.25) is 19.3 Å². The van der Waals surface area contributed by atoms with Crippen LogP contribution in [0.2, 0.25) is 0 Å². The molecule has 4 aromatic rings. The van der Waals surface area contributed by atoms with Gasteiger partial charge in [-0.05, 0) is 30.5 Å². The Balaban J connectivity index is 1.30. The largest absolute Gasteiger partial charge is 0.477 e. The minimum Gasteiger partial charge on any atom is -0.477 e. The Bertz CT molecular complexity index is 1890. The van der Waals surface area contributed by atoms with E-state index in [4.69, 9.17) is 14.6 Å². The van der Waals surface area contributed by atoms with Gasteiger partial charge in [0, 0.05) is 23.6 Å². The van der Waals surface area contributed by atoms with Gasteiger partial charge in [-0.1, -0.05) is 96.2 Å². The fourth-order valence-corrected chi connectivity index (χ4v) is 8.01. The topological polar surface area (TPSA) is 160 Å². The normalized spacial score (nSPS) is 17.4. The van der Waals surface area contributed by atoms with E-state index >= 15 is 0 Å². The van der Waals surface area contributed by atoms with Gasteiger partial charge in [-0.25, -0.2) is 9.78 Å². The van der Waals surface area contributed by atoms with Crippen molar-refractivity contribution in [3.8, 4) is 0 Å². The quantitative estimate of drug-likeness (QED) is 0.0565. The van der Waals surface area contributed by atoms with Crippen LogP contribution in [-0.4, -0.2) is 74.3 Å². The lowest BCUT2D eigenvalue weighted by atomic mass is 9.77. The van der Waals surface area contributed by atoms with Crippen LogP contribution in [0.5, 0.6) is 0 Å². The van der Waals surface area contributed by atoms with Crippen molar-refractivity contribution >= 4 is 57.7 Å². The van der Waals surface area contributed by atoms with Gasteiger partial charge < -0.3 is 25.3 Å². The van der Waals surface area contributed by atoms with Gasteiger partial charge in [-0.15, -0.1) is 23.1 Å². The number of thiazole rings is 1. The molecule has 262 valence electrons. The molecule has 3 aromatic carbocycles. The maximum atomic E-state index is 13.9. The Hall–Kier alpha value is -5.47. The van der Waals surface area contributed by atoms with Crippen molar-refractivity contribution in [2.75, 3.05) is 17.7 Å². The van der Waals surface area contributed by atoms with Gasteiger partial charge in [0.2, 0.25) is 0 Å². The molecule has 1 saturated heterocycles. The predicted octanol–water partition coefficient (Wildman–Crippen LogP) is 4.98. The first-order chi connectivity index (χ1) is 24.6. The van der Waals surface area contributed by atoms with Crippen molar-refractivity contribution in [2.24, 2.45) is 5.16 Å². The minimum atomic E-state index is -1.33. The summed E-state index contributed by atoms with van der Waals surface area (Å²) in [6, 6.07) is 29.0. The van der Waals surface area contributed by atoms with Crippen LogP contribution in [0, 0.1) is 0 Å². The predicted molar refractivity (Wildman–Crippen MR) is 194 cm³/mol. The van der Waals surface area contributed by atoms with Crippen LogP contribution < -0.4 is 10.6 Å². The number of thioether (sulfide) groups is 1. The van der Waals surface area contributed by atoms with E-state index in [1.54, 1.807) is 19.2 Å². The number of amides is 2. The molecule has 14 heteroatoms. The summed E-state index contributed by atoms with van der Waals surface area (Å²) in [5.74, 6) is -3.02. The highest BCUT2D eigenvalue weighted by Gasteiger charge is 2.54. The van der Waals surface area contributed by atoms with Gasteiger partial charge in [0.1, 0.15) is 41.1 Å². The maximum Gasteiger partial charge on any atom is 0.352 e. The average molecular weight is 726 g/mol. The van der Waals surface area contributed by atoms with E-state index in [9.17, 15) is 24.3 Å². The van der Waals surface area contributed by atoms with Crippen molar-refractivity contribution in [2.45, 2.75) is 43.8 Å². The number of aromatic nitrogens is 1. The van der Waals surface area contributed by atoms with Gasteiger partial charge in [-0.2, -0.15) is 0 Å². The van der Waals surface area contributed by atoms with E-state index in [1.165, 1.54) is 30.0 Å². The number of fused-ring (bicyclic) bond motifs is 1. The fraction of sp³-hybridized carbons (Fsp3) is 0.243. The molecule has 0 bridgehead atoms. The molecule has 1 unspecified atom stereocenters. The summed E-state index contributed by atoms with van der Waals surface area (Å²) < 4.78 is 5.01. The average Bonchev–Trinajstić information content (AvgIpc) is 3.60. The molecular formula is C37H35N5O7S2. The standard InChI is InChI=1S/C37H35N5O7S2/c1-22(2)49-41-29(32(44)39-30-33(45)42-31(35(46)47)24(19-48-23(3)43)20-50-34(30)42)28-21-51-36(38-28)40-37(25-13-7-4-8-14-25,26-15-9-5-10-16-26)27-17-11-6-12-18-27/h4-18,21-22,30,34H,19-20H2,1-3H3,(H,38,40)(H,39,44)(H,46,47)/t30?,34-/m1/s1. The molecule has 1 fully saturated rings. The first kappa shape index (κ1) is 35.4. The van der Waals surface area contributed by atoms with E-state index in [2.05, 4.69) is 15.8 Å². The summed E-state index contributed by atoms with van der Waals surface area (Å²) >= 11 is 2.54. The lowest BCUT2D eigenvalue weighted by Crippen LogP contribution is -2.71. The number of anilines is 1. The highest BCUT2D eigenvalue weighted by Crippen LogP contribution is 2.42. The first-order valence-electron chi connectivity index (χ1n) is 16.1. The molecule has 2 aliphatic heterocycles.